The Kier molecular flexibility index (Phi) is 5.06. The van der Waals surface area contributed by atoms with Crippen LogP contribution in [0.15, 0.2) is 30.3 Å². The molecular formula is C16H23ClN2O. The molecule has 0 aliphatic heterocycles. The predicted molar refractivity (Wildman–Crippen MR) is 84.4 cm³/mol. The van der Waals surface area contributed by atoms with Gasteiger partial charge in [0.05, 0.1) is 6.04 Å². The molecule has 1 amide bonds. The van der Waals surface area contributed by atoms with Crippen molar-refractivity contribution in [3.63, 3.8) is 0 Å². The number of anilines is 1. The zero-order valence-electron chi connectivity index (χ0n) is 12.4. The highest BCUT2D eigenvalue weighted by Gasteiger charge is 2.40. The smallest absolute Gasteiger partial charge is 0.227 e. The van der Waals surface area contributed by atoms with Crippen LogP contribution >= 0.6 is 11.6 Å². The number of hydrogen-bond donors (Lipinski definition) is 0. The van der Waals surface area contributed by atoms with E-state index >= 15 is 0 Å². The zero-order valence-corrected chi connectivity index (χ0v) is 13.2. The second-order valence-electron chi connectivity index (χ2n) is 5.62. The van der Waals surface area contributed by atoms with Crippen LogP contribution < -0.4 is 4.90 Å². The number of nitrogens with zero attached hydrogens (tertiary/aromatic N) is 2. The molecule has 4 heteroatoms. The zero-order chi connectivity index (χ0) is 14.7. The van der Waals surface area contributed by atoms with Gasteiger partial charge in [0, 0.05) is 23.5 Å². The maximum atomic E-state index is 12.4. The highest BCUT2D eigenvalue weighted by Crippen LogP contribution is 2.34. The fraction of sp³-hybridized carbons (Fsp3) is 0.562. The number of benzene rings is 1. The first-order valence-electron chi connectivity index (χ1n) is 7.22. The number of para-hydroxylation sites is 1. The molecule has 2 rings (SSSR count). The summed E-state index contributed by atoms with van der Waals surface area (Å²) in [5.41, 5.74) is 0.974. The molecule has 110 valence electrons. The van der Waals surface area contributed by atoms with Gasteiger partial charge >= 0.3 is 0 Å². The van der Waals surface area contributed by atoms with Crippen LogP contribution in [0.1, 0.15) is 26.2 Å². The molecule has 3 unspecified atom stereocenters. The fourth-order valence-electron chi connectivity index (χ4n) is 3.05. The van der Waals surface area contributed by atoms with Gasteiger partial charge in [0.25, 0.3) is 0 Å². The second-order valence-corrected chi connectivity index (χ2v) is 6.24. The van der Waals surface area contributed by atoms with E-state index in [1.54, 1.807) is 0 Å². The van der Waals surface area contributed by atoms with Crippen LogP contribution in [-0.4, -0.2) is 42.4 Å². The molecule has 3 nitrogen and oxygen atoms in total. The van der Waals surface area contributed by atoms with Gasteiger partial charge in [0.15, 0.2) is 0 Å². The summed E-state index contributed by atoms with van der Waals surface area (Å²) in [6.07, 6.45) is 2.29. The molecule has 0 bridgehead atoms. The van der Waals surface area contributed by atoms with Crippen molar-refractivity contribution in [1.29, 1.82) is 0 Å². The maximum Gasteiger partial charge on any atom is 0.227 e. The minimum absolute atomic E-state index is 0.142. The molecule has 1 saturated carbocycles. The van der Waals surface area contributed by atoms with E-state index in [-0.39, 0.29) is 17.3 Å². The number of rotatable bonds is 4. The summed E-state index contributed by atoms with van der Waals surface area (Å²) >= 11 is 6.36. The molecule has 0 heterocycles. The maximum absolute atomic E-state index is 12.4. The molecule has 1 aromatic carbocycles. The van der Waals surface area contributed by atoms with E-state index in [2.05, 4.69) is 19.0 Å². The van der Waals surface area contributed by atoms with Crippen molar-refractivity contribution < 1.29 is 4.79 Å². The van der Waals surface area contributed by atoms with Crippen molar-refractivity contribution in [2.24, 2.45) is 0 Å². The number of carbonyl (C=O) groups is 1. The number of amides is 1. The van der Waals surface area contributed by atoms with E-state index in [4.69, 9.17) is 11.6 Å². The normalized spacial score (nSPS) is 25.9. The molecule has 0 N–H and O–H groups in total. The number of hydrogen-bond acceptors (Lipinski definition) is 2. The summed E-state index contributed by atoms with van der Waals surface area (Å²) in [7, 11) is 4.12. The van der Waals surface area contributed by atoms with E-state index in [9.17, 15) is 4.79 Å². The summed E-state index contributed by atoms with van der Waals surface area (Å²) in [6, 6.07) is 10.4. The molecule has 0 spiro atoms. The number of halogens is 1. The van der Waals surface area contributed by atoms with E-state index in [1.165, 1.54) is 0 Å². The van der Waals surface area contributed by atoms with Crippen LogP contribution in [0.4, 0.5) is 5.69 Å². The summed E-state index contributed by atoms with van der Waals surface area (Å²) in [5, 5.41) is 0.142. The average Bonchev–Trinajstić information content (AvgIpc) is 2.82. The number of likely N-dealkylation sites (N-methyl/N-ethyl adjacent to an activating group) is 1. The van der Waals surface area contributed by atoms with Crippen LogP contribution in [0, 0.1) is 0 Å². The Bertz CT molecular complexity index is 449. The Morgan fingerprint density at radius 3 is 2.35 bits per heavy atom. The van der Waals surface area contributed by atoms with E-state index in [0.717, 1.165) is 18.5 Å². The molecule has 1 aliphatic rings. The van der Waals surface area contributed by atoms with Crippen LogP contribution in [0.25, 0.3) is 0 Å². The molecule has 0 aromatic heterocycles. The number of carbonyl (C=O) groups excluding carboxylic acids is 1. The van der Waals surface area contributed by atoms with Gasteiger partial charge in [-0.2, -0.15) is 0 Å². The molecule has 1 aliphatic carbocycles. The van der Waals surface area contributed by atoms with E-state index in [1.807, 2.05) is 42.2 Å². The molecule has 0 radical (unpaired) electrons. The van der Waals surface area contributed by atoms with Gasteiger partial charge in [-0.15, -0.1) is 11.6 Å². The Labute approximate surface area is 126 Å². The van der Waals surface area contributed by atoms with Gasteiger partial charge in [0.1, 0.15) is 0 Å². The van der Waals surface area contributed by atoms with Crippen molar-refractivity contribution in [3.05, 3.63) is 30.3 Å². The average molecular weight is 295 g/mol. The Morgan fingerprint density at radius 2 is 1.80 bits per heavy atom. The number of alkyl halides is 1. The Balaban J connectivity index is 2.34. The van der Waals surface area contributed by atoms with Gasteiger partial charge < -0.3 is 9.80 Å². The van der Waals surface area contributed by atoms with Crippen molar-refractivity contribution >= 4 is 23.2 Å². The van der Waals surface area contributed by atoms with Crippen molar-refractivity contribution in [1.82, 2.24) is 4.90 Å². The van der Waals surface area contributed by atoms with Gasteiger partial charge in [-0.25, -0.2) is 0 Å². The minimum atomic E-state index is 0.142. The molecule has 20 heavy (non-hydrogen) atoms. The molecular weight excluding hydrogens is 272 g/mol. The standard InChI is InChI=1S/C16H23ClN2O/c1-4-16(20)19(13-8-6-5-7-9-13)15-11-12(17)10-14(15)18(2)3/h5-9,12,14-15H,4,10-11H2,1-3H3. The highest BCUT2D eigenvalue weighted by molar-refractivity contribution is 6.21. The van der Waals surface area contributed by atoms with Crippen LogP contribution in [-0.2, 0) is 4.79 Å². The van der Waals surface area contributed by atoms with Gasteiger partial charge in [-0.1, -0.05) is 25.1 Å². The van der Waals surface area contributed by atoms with Crippen LogP contribution in [0.3, 0.4) is 0 Å². The lowest BCUT2D eigenvalue weighted by Crippen LogP contribution is -2.49. The van der Waals surface area contributed by atoms with Crippen molar-refractivity contribution in [3.8, 4) is 0 Å². The Hall–Kier alpha value is -1.06. The van der Waals surface area contributed by atoms with Crippen LogP contribution in [0.5, 0.6) is 0 Å². The lowest BCUT2D eigenvalue weighted by molar-refractivity contribution is -0.119. The lowest BCUT2D eigenvalue weighted by Gasteiger charge is -2.35. The summed E-state index contributed by atoms with van der Waals surface area (Å²) in [6.45, 7) is 1.91. The molecule has 1 fully saturated rings. The van der Waals surface area contributed by atoms with Gasteiger partial charge in [-0.3, -0.25) is 4.79 Å². The lowest BCUT2D eigenvalue weighted by atomic mass is 10.1. The largest absolute Gasteiger partial charge is 0.308 e. The fourth-order valence-corrected chi connectivity index (χ4v) is 3.41. The van der Waals surface area contributed by atoms with Gasteiger partial charge in [0.2, 0.25) is 5.91 Å². The van der Waals surface area contributed by atoms with Crippen molar-refractivity contribution in [2.45, 2.75) is 43.6 Å². The minimum Gasteiger partial charge on any atom is -0.308 e. The summed E-state index contributed by atoms with van der Waals surface area (Å²) < 4.78 is 0. The summed E-state index contributed by atoms with van der Waals surface area (Å²) in [4.78, 5) is 16.6. The second kappa shape index (κ2) is 6.59. The third kappa shape index (κ3) is 3.15. The first-order valence-corrected chi connectivity index (χ1v) is 7.65. The summed E-state index contributed by atoms with van der Waals surface area (Å²) in [5.74, 6) is 0.166. The third-order valence-electron chi connectivity index (χ3n) is 4.04. The van der Waals surface area contributed by atoms with Crippen molar-refractivity contribution in [2.75, 3.05) is 19.0 Å². The SMILES string of the molecule is CCC(=O)N(c1ccccc1)C1CC(Cl)CC1N(C)C. The molecule has 0 saturated heterocycles. The third-order valence-corrected chi connectivity index (χ3v) is 4.40. The Morgan fingerprint density at radius 1 is 1.20 bits per heavy atom. The molecule has 3 atom stereocenters. The van der Waals surface area contributed by atoms with E-state index in [0.29, 0.717) is 12.5 Å². The first kappa shape index (κ1) is 15.3. The molecule has 1 aromatic rings. The van der Waals surface area contributed by atoms with E-state index < -0.39 is 0 Å². The monoisotopic (exact) mass is 294 g/mol. The van der Waals surface area contributed by atoms with Gasteiger partial charge in [-0.05, 0) is 39.1 Å². The highest BCUT2D eigenvalue weighted by atomic mass is 35.5. The first-order chi connectivity index (χ1) is 9.54. The predicted octanol–water partition coefficient (Wildman–Crippen LogP) is 3.13. The topological polar surface area (TPSA) is 23.6 Å². The quantitative estimate of drug-likeness (QED) is 0.797. The van der Waals surface area contributed by atoms with Crippen LogP contribution in [0.2, 0.25) is 0 Å².